The molecule has 20 heavy (non-hydrogen) atoms. The maximum Gasteiger partial charge on any atom is 0.360 e. The van der Waals surface area contributed by atoms with Gasteiger partial charge in [-0.25, -0.2) is 9.48 Å². The lowest BCUT2D eigenvalue weighted by atomic mass is 9.76. The van der Waals surface area contributed by atoms with Crippen molar-refractivity contribution in [3.8, 4) is 0 Å². The lowest BCUT2D eigenvalue weighted by Gasteiger charge is -2.33. The minimum Gasteiger partial charge on any atom is -0.458 e. The highest BCUT2D eigenvalue weighted by Gasteiger charge is 2.30. The number of hydrogen-bond donors (Lipinski definition) is 1. The van der Waals surface area contributed by atoms with Gasteiger partial charge in [-0.3, -0.25) is 0 Å². The van der Waals surface area contributed by atoms with Crippen molar-refractivity contribution in [2.24, 2.45) is 5.41 Å². The minimum atomic E-state index is -0.340. The summed E-state index contributed by atoms with van der Waals surface area (Å²) in [5.74, 6) is -0.340. The SMILES string of the molecule is CC1(C)CCC(OC(=O)c2cn(C3CNC3)nn2)CC1. The molecule has 1 aliphatic carbocycles. The summed E-state index contributed by atoms with van der Waals surface area (Å²) in [7, 11) is 0. The third kappa shape index (κ3) is 2.85. The minimum absolute atomic E-state index is 0.0334. The standard InChI is InChI=1S/C14H22N4O2/c1-14(2)5-3-11(4-6-14)20-13(19)12-9-18(17-16-12)10-7-15-8-10/h9-11,15H,3-8H2,1-2H3. The number of rotatable bonds is 3. The Bertz CT molecular complexity index is 483. The molecule has 1 N–H and O–H groups in total. The van der Waals surface area contributed by atoms with E-state index in [4.69, 9.17) is 4.74 Å². The molecule has 1 saturated carbocycles. The third-order valence-corrected chi connectivity index (χ3v) is 4.41. The molecule has 0 amide bonds. The predicted octanol–water partition coefficient (Wildman–Crippen LogP) is 1.55. The van der Waals surface area contributed by atoms with Crippen molar-refractivity contribution in [2.45, 2.75) is 51.7 Å². The second kappa shape index (κ2) is 5.16. The second-order valence-corrected chi connectivity index (χ2v) is 6.66. The number of nitrogens with zero attached hydrogens (tertiary/aromatic N) is 3. The molecule has 0 unspecified atom stereocenters. The first-order valence-electron chi connectivity index (χ1n) is 7.37. The first kappa shape index (κ1) is 13.5. The van der Waals surface area contributed by atoms with Crippen molar-refractivity contribution >= 4 is 5.97 Å². The van der Waals surface area contributed by atoms with Crippen LogP contribution in [0.1, 0.15) is 56.1 Å². The van der Waals surface area contributed by atoms with E-state index in [1.165, 1.54) is 0 Å². The van der Waals surface area contributed by atoms with E-state index in [-0.39, 0.29) is 12.1 Å². The van der Waals surface area contributed by atoms with E-state index in [2.05, 4.69) is 29.5 Å². The van der Waals surface area contributed by atoms with Crippen LogP contribution in [0.3, 0.4) is 0 Å². The summed E-state index contributed by atoms with van der Waals surface area (Å²) in [4.78, 5) is 12.1. The molecule has 2 heterocycles. The third-order valence-electron chi connectivity index (χ3n) is 4.41. The summed E-state index contributed by atoms with van der Waals surface area (Å²) >= 11 is 0. The highest BCUT2D eigenvalue weighted by atomic mass is 16.5. The number of carbonyl (C=O) groups is 1. The molecule has 0 radical (unpaired) electrons. The van der Waals surface area contributed by atoms with Gasteiger partial charge in [0.1, 0.15) is 6.10 Å². The fourth-order valence-electron chi connectivity index (χ4n) is 2.71. The zero-order chi connectivity index (χ0) is 14.2. The van der Waals surface area contributed by atoms with E-state index in [9.17, 15) is 4.79 Å². The largest absolute Gasteiger partial charge is 0.458 e. The number of carbonyl (C=O) groups excluding carboxylic acids is 1. The van der Waals surface area contributed by atoms with Crippen molar-refractivity contribution in [1.82, 2.24) is 20.3 Å². The summed E-state index contributed by atoms with van der Waals surface area (Å²) in [6, 6.07) is 0.319. The van der Waals surface area contributed by atoms with Gasteiger partial charge in [0.25, 0.3) is 0 Å². The molecule has 2 fully saturated rings. The summed E-state index contributed by atoms with van der Waals surface area (Å²) in [6.45, 7) is 6.30. The Labute approximate surface area is 118 Å². The highest BCUT2D eigenvalue weighted by molar-refractivity contribution is 5.86. The number of ether oxygens (including phenoxy) is 1. The molecule has 3 rings (SSSR count). The predicted molar refractivity (Wildman–Crippen MR) is 73.4 cm³/mol. The van der Waals surface area contributed by atoms with Crippen molar-refractivity contribution in [3.63, 3.8) is 0 Å². The zero-order valence-electron chi connectivity index (χ0n) is 12.1. The van der Waals surface area contributed by atoms with Gasteiger partial charge in [-0.15, -0.1) is 5.10 Å². The van der Waals surface area contributed by atoms with E-state index in [0.717, 1.165) is 38.8 Å². The summed E-state index contributed by atoms with van der Waals surface area (Å²) < 4.78 is 7.29. The van der Waals surface area contributed by atoms with Gasteiger partial charge in [-0.2, -0.15) is 0 Å². The highest BCUT2D eigenvalue weighted by Crippen LogP contribution is 2.36. The quantitative estimate of drug-likeness (QED) is 0.850. The van der Waals surface area contributed by atoms with Crippen LogP contribution >= 0.6 is 0 Å². The first-order chi connectivity index (χ1) is 9.53. The normalized spacial score (nSPS) is 23.3. The molecule has 110 valence electrons. The van der Waals surface area contributed by atoms with Gasteiger partial charge in [-0.05, 0) is 31.1 Å². The van der Waals surface area contributed by atoms with Crippen molar-refractivity contribution in [2.75, 3.05) is 13.1 Å². The van der Waals surface area contributed by atoms with Crippen LogP contribution in [0, 0.1) is 5.41 Å². The fourth-order valence-corrected chi connectivity index (χ4v) is 2.71. The molecule has 1 aromatic rings. The first-order valence-corrected chi connectivity index (χ1v) is 7.37. The summed E-state index contributed by atoms with van der Waals surface area (Å²) in [6.07, 6.45) is 5.82. The van der Waals surface area contributed by atoms with Gasteiger partial charge in [0.15, 0.2) is 5.69 Å². The lowest BCUT2D eigenvalue weighted by molar-refractivity contribution is 0.00889. The van der Waals surface area contributed by atoms with Crippen LogP contribution in [0.4, 0.5) is 0 Å². The van der Waals surface area contributed by atoms with Crippen LogP contribution in [-0.2, 0) is 4.74 Å². The van der Waals surface area contributed by atoms with E-state index in [1.807, 2.05) is 0 Å². The van der Waals surface area contributed by atoms with Crippen LogP contribution in [0.15, 0.2) is 6.20 Å². The molecule has 0 aromatic carbocycles. The van der Waals surface area contributed by atoms with Crippen molar-refractivity contribution in [3.05, 3.63) is 11.9 Å². The molecule has 0 atom stereocenters. The van der Waals surface area contributed by atoms with Gasteiger partial charge < -0.3 is 10.1 Å². The van der Waals surface area contributed by atoms with E-state index >= 15 is 0 Å². The topological polar surface area (TPSA) is 69.0 Å². The zero-order valence-corrected chi connectivity index (χ0v) is 12.1. The monoisotopic (exact) mass is 278 g/mol. The molecule has 6 nitrogen and oxygen atoms in total. The average molecular weight is 278 g/mol. The van der Waals surface area contributed by atoms with Crippen LogP contribution in [0.25, 0.3) is 0 Å². The molecule has 1 aromatic heterocycles. The summed E-state index contributed by atoms with van der Waals surface area (Å²) in [5.41, 5.74) is 0.699. The maximum absolute atomic E-state index is 12.1. The van der Waals surface area contributed by atoms with Crippen LogP contribution < -0.4 is 5.32 Å². The van der Waals surface area contributed by atoms with Crippen molar-refractivity contribution in [1.29, 1.82) is 0 Å². The van der Waals surface area contributed by atoms with Crippen molar-refractivity contribution < 1.29 is 9.53 Å². The molecular formula is C14H22N4O2. The smallest absolute Gasteiger partial charge is 0.360 e. The van der Waals surface area contributed by atoms with Crippen LogP contribution in [-0.4, -0.2) is 40.2 Å². The molecule has 1 aliphatic heterocycles. The Hall–Kier alpha value is -1.43. The number of nitrogens with one attached hydrogen (secondary N) is 1. The van der Waals surface area contributed by atoms with Gasteiger partial charge in [0.2, 0.25) is 0 Å². The fraction of sp³-hybridized carbons (Fsp3) is 0.786. The van der Waals surface area contributed by atoms with E-state index < -0.39 is 0 Å². The average Bonchev–Trinajstić information content (AvgIpc) is 2.79. The number of hydrogen-bond acceptors (Lipinski definition) is 5. The molecule has 0 spiro atoms. The van der Waals surface area contributed by atoms with Gasteiger partial charge in [0, 0.05) is 13.1 Å². The number of aromatic nitrogens is 3. The molecule has 2 aliphatic rings. The Balaban J connectivity index is 1.55. The van der Waals surface area contributed by atoms with E-state index in [0.29, 0.717) is 17.2 Å². The Morgan fingerprint density at radius 1 is 1.40 bits per heavy atom. The molecule has 0 bridgehead atoms. The van der Waals surface area contributed by atoms with E-state index in [1.54, 1.807) is 10.9 Å². The van der Waals surface area contributed by atoms with Gasteiger partial charge in [-0.1, -0.05) is 19.1 Å². The lowest BCUT2D eigenvalue weighted by Crippen LogP contribution is -2.43. The Morgan fingerprint density at radius 3 is 2.70 bits per heavy atom. The Kier molecular flexibility index (Phi) is 3.50. The molecule has 6 heteroatoms. The number of esters is 1. The molecular weight excluding hydrogens is 256 g/mol. The Morgan fingerprint density at radius 2 is 2.10 bits per heavy atom. The summed E-state index contributed by atoms with van der Waals surface area (Å²) in [5, 5.41) is 11.1. The molecule has 1 saturated heterocycles. The van der Waals surface area contributed by atoms with Gasteiger partial charge >= 0.3 is 5.97 Å². The van der Waals surface area contributed by atoms with Crippen LogP contribution in [0.2, 0.25) is 0 Å². The van der Waals surface area contributed by atoms with Gasteiger partial charge in [0.05, 0.1) is 12.2 Å². The maximum atomic E-state index is 12.1. The van der Waals surface area contributed by atoms with Crippen LogP contribution in [0.5, 0.6) is 0 Å². The second-order valence-electron chi connectivity index (χ2n) is 6.66.